The van der Waals surface area contributed by atoms with Crippen LogP contribution in [-0.4, -0.2) is 38.8 Å². The van der Waals surface area contributed by atoms with Crippen LogP contribution in [0.4, 0.5) is 15.8 Å². The van der Waals surface area contributed by atoms with Crippen LogP contribution in [0.3, 0.4) is 0 Å². The maximum Gasteiger partial charge on any atom is 0.255 e. The largest absolute Gasteiger partial charge is 0.486 e. The van der Waals surface area contributed by atoms with Crippen molar-refractivity contribution in [2.45, 2.75) is 20.3 Å². The Morgan fingerprint density at radius 3 is 2.58 bits per heavy atom. The van der Waals surface area contributed by atoms with Crippen molar-refractivity contribution in [3.63, 3.8) is 0 Å². The second-order valence-corrected chi connectivity index (χ2v) is 9.31. The van der Waals surface area contributed by atoms with E-state index in [0.29, 0.717) is 53.6 Å². The number of hydrogen-bond acceptors (Lipinski definition) is 4. The van der Waals surface area contributed by atoms with E-state index in [-0.39, 0.29) is 17.9 Å². The molecule has 36 heavy (non-hydrogen) atoms. The summed E-state index contributed by atoms with van der Waals surface area (Å²) in [5.41, 5.74) is 2.16. The number of allylic oxidation sites excluding steroid dienone is 3. The highest BCUT2D eigenvalue weighted by Crippen LogP contribution is 2.37. The molecule has 1 atom stereocenters. The van der Waals surface area contributed by atoms with Gasteiger partial charge in [-0.3, -0.25) is 4.79 Å². The number of benzene rings is 2. The number of carbonyl (C=O) groups is 1. The molecule has 192 valence electrons. The molecule has 1 unspecified atom stereocenters. The molecular formula is C28H31Cl2FN2O3. The summed E-state index contributed by atoms with van der Waals surface area (Å²) in [5, 5.41) is 3.62. The molecule has 0 radical (unpaired) electrons. The second-order valence-electron chi connectivity index (χ2n) is 8.49. The smallest absolute Gasteiger partial charge is 0.255 e. The molecule has 8 heteroatoms. The molecule has 0 aromatic heterocycles. The van der Waals surface area contributed by atoms with Crippen molar-refractivity contribution in [2.75, 3.05) is 43.1 Å². The van der Waals surface area contributed by atoms with Gasteiger partial charge in [-0.25, -0.2) is 4.39 Å². The lowest BCUT2D eigenvalue weighted by atomic mass is 10.1. The summed E-state index contributed by atoms with van der Waals surface area (Å²) >= 11 is 13.0. The summed E-state index contributed by atoms with van der Waals surface area (Å²) in [6.07, 6.45) is 8.60. The Labute approximate surface area is 222 Å². The number of amides is 1. The molecule has 1 heterocycles. The van der Waals surface area contributed by atoms with Gasteiger partial charge in [0.05, 0.1) is 28.9 Å². The third-order valence-electron chi connectivity index (χ3n) is 5.85. The highest BCUT2D eigenvalue weighted by molar-refractivity contribution is 6.39. The van der Waals surface area contributed by atoms with Crippen LogP contribution in [-0.2, 0) is 4.74 Å². The standard InChI is InChI=1S/C28H31Cl2FN2O3/c1-4-19(3)7-6-8-20(5-2)18-36-26-15-21(9-10-25(26)31)28(34)32-22-16-23(29)27(24(30)17-22)33-11-13-35-14-12-33/h5-10,15-17,19H,2,4,11-14,18H2,1,3H3,(H,32,34)/b7-6-,20-8+. The van der Waals surface area contributed by atoms with Crippen LogP contribution >= 0.6 is 23.2 Å². The number of ether oxygens (including phenoxy) is 2. The summed E-state index contributed by atoms with van der Waals surface area (Å²) in [4.78, 5) is 14.9. The molecular weight excluding hydrogens is 502 g/mol. The van der Waals surface area contributed by atoms with Gasteiger partial charge in [0.15, 0.2) is 11.6 Å². The van der Waals surface area contributed by atoms with E-state index in [0.717, 1.165) is 12.0 Å². The van der Waals surface area contributed by atoms with E-state index in [9.17, 15) is 9.18 Å². The summed E-state index contributed by atoms with van der Waals surface area (Å²) in [6, 6.07) is 7.25. The third-order valence-corrected chi connectivity index (χ3v) is 6.42. The maximum atomic E-state index is 14.4. The number of morpholine rings is 1. The molecule has 1 N–H and O–H groups in total. The number of rotatable bonds is 10. The fourth-order valence-corrected chi connectivity index (χ4v) is 4.25. The SMILES string of the molecule is C=C/C(=C\C=C/C(C)CC)COc1cc(C(=O)Nc2cc(Cl)c(N3CCOCC3)c(Cl)c2)ccc1F. The molecule has 1 fully saturated rings. The quantitative estimate of drug-likeness (QED) is 0.325. The number of carbonyl (C=O) groups excluding carboxylic acids is 1. The summed E-state index contributed by atoms with van der Waals surface area (Å²) < 4.78 is 25.4. The Morgan fingerprint density at radius 2 is 1.94 bits per heavy atom. The molecule has 1 amide bonds. The molecule has 0 aliphatic carbocycles. The maximum absolute atomic E-state index is 14.4. The van der Waals surface area contributed by atoms with Crippen molar-refractivity contribution in [1.82, 2.24) is 0 Å². The van der Waals surface area contributed by atoms with Crippen LogP contribution in [0, 0.1) is 11.7 Å². The Bertz CT molecular complexity index is 1120. The Morgan fingerprint density at radius 1 is 1.25 bits per heavy atom. The molecule has 0 saturated carbocycles. The van der Waals surface area contributed by atoms with Crippen molar-refractivity contribution < 1.29 is 18.7 Å². The van der Waals surface area contributed by atoms with Gasteiger partial charge >= 0.3 is 0 Å². The first-order valence-electron chi connectivity index (χ1n) is 11.9. The summed E-state index contributed by atoms with van der Waals surface area (Å²) in [6.45, 7) is 10.7. The predicted molar refractivity (Wildman–Crippen MR) is 146 cm³/mol. The van der Waals surface area contributed by atoms with Crippen molar-refractivity contribution in [3.8, 4) is 5.75 Å². The molecule has 1 aliphatic rings. The van der Waals surface area contributed by atoms with E-state index in [1.54, 1.807) is 18.2 Å². The first-order chi connectivity index (χ1) is 17.3. The van der Waals surface area contributed by atoms with Crippen molar-refractivity contribution in [2.24, 2.45) is 5.92 Å². The van der Waals surface area contributed by atoms with Gasteiger partial charge in [-0.05, 0) is 41.8 Å². The van der Waals surface area contributed by atoms with Gasteiger partial charge in [0.25, 0.3) is 5.91 Å². The average molecular weight is 533 g/mol. The van der Waals surface area contributed by atoms with Crippen LogP contribution in [0.15, 0.2) is 66.8 Å². The Hall–Kier alpha value is -2.80. The van der Waals surface area contributed by atoms with E-state index in [1.165, 1.54) is 18.2 Å². The average Bonchev–Trinajstić information content (AvgIpc) is 2.86. The van der Waals surface area contributed by atoms with E-state index in [1.807, 2.05) is 12.2 Å². The molecule has 0 spiro atoms. The van der Waals surface area contributed by atoms with Crippen molar-refractivity contribution in [1.29, 1.82) is 0 Å². The number of nitrogens with one attached hydrogen (secondary N) is 1. The second kappa shape index (κ2) is 13.5. The minimum atomic E-state index is -0.564. The summed E-state index contributed by atoms with van der Waals surface area (Å²) in [5.74, 6) is -0.575. The molecule has 2 aromatic carbocycles. The van der Waals surface area contributed by atoms with Gasteiger partial charge in [-0.15, -0.1) is 0 Å². The van der Waals surface area contributed by atoms with Gasteiger partial charge < -0.3 is 19.7 Å². The zero-order chi connectivity index (χ0) is 26.1. The number of halogens is 3. The van der Waals surface area contributed by atoms with Gasteiger partial charge in [0.1, 0.15) is 6.61 Å². The normalized spacial score (nSPS) is 15.1. The van der Waals surface area contributed by atoms with Crippen LogP contribution < -0.4 is 15.0 Å². The lowest BCUT2D eigenvalue weighted by Crippen LogP contribution is -2.36. The molecule has 1 aliphatic heterocycles. The number of nitrogens with zero attached hydrogens (tertiary/aromatic N) is 1. The van der Waals surface area contributed by atoms with E-state index in [2.05, 4.69) is 36.7 Å². The van der Waals surface area contributed by atoms with E-state index in [4.69, 9.17) is 32.7 Å². The van der Waals surface area contributed by atoms with Gasteiger partial charge in [0.2, 0.25) is 0 Å². The predicted octanol–water partition coefficient (Wildman–Crippen LogP) is 7.31. The Balaban J connectivity index is 1.70. The fraction of sp³-hybridized carbons (Fsp3) is 0.321. The van der Waals surface area contributed by atoms with Crippen molar-refractivity contribution >= 4 is 40.5 Å². The van der Waals surface area contributed by atoms with E-state index < -0.39 is 11.7 Å². The lowest BCUT2D eigenvalue weighted by Gasteiger charge is -2.30. The molecule has 2 aromatic rings. The van der Waals surface area contributed by atoms with Crippen LogP contribution in [0.5, 0.6) is 5.75 Å². The van der Waals surface area contributed by atoms with Gasteiger partial charge in [0, 0.05) is 24.3 Å². The van der Waals surface area contributed by atoms with Crippen molar-refractivity contribution in [3.05, 3.63) is 88.2 Å². The zero-order valence-corrected chi connectivity index (χ0v) is 22.0. The number of hydrogen-bond donors (Lipinski definition) is 1. The monoisotopic (exact) mass is 532 g/mol. The first kappa shape index (κ1) is 27.8. The van der Waals surface area contributed by atoms with Crippen LogP contribution in [0.25, 0.3) is 0 Å². The number of anilines is 2. The summed E-state index contributed by atoms with van der Waals surface area (Å²) in [7, 11) is 0. The van der Waals surface area contributed by atoms with E-state index >= 15 is 0 Å². The first-order valence-corrected chi connectivity index (χ1v) is 12.6. The highest BCUT2D eigenvalue weighted by atomic mass is 35.5. The van der Waals surface area contributed by atoms with Gasteiger partial charge in [-0.2, -0.15) is 0 Å². The molecule has 1 saturated heterocycles. The zero-order valence-electron chi connectivity index (χ0n) is 20.5. The van der Waals surface area contributed by atoms with Gasteiger partial charge in [-0.1, -0.05) is 74.4 Å². The topological polar surface area (TPSA) is 50.8 Å². The molecule has 3 rings (SSSR count). The minimum Gasteiger partial charge on any atom is -0.486 e. The highest BCUT2D eigenvalue weighted by Gasteiger charge is 2.19. The lowest BCUT2D eigenvalue weighted by molar-refractivity contribution is 0.102. The Kier molecular flexibility index (Phi) is 10.4. The third kappa shape index (κ3) is 7.60. The van der Waals surface area contributed by atoms with Crippen LogP contribution in [0.1, 0.15) is 30.6 Å². The molecule has 0 bridgehead atoms. The fourth-order valence-electron chi connectivity index (χ4n) is 3.53. The van der Waals surface area contributed by atoms with Crippen LogP contribution in [0.2, 0.25) is 10.0 Å². The molecule has 5 nitrogen and oxygen atoms in total. The minimum absolute atomic E-state index is 0.0277.